The van der Waals surface area contributed by atoms with Gasteiger partial charge >= 0.3 is 6.03 Å². The van der Waals surface area contributed by atoms with Gasteiger partial charge in [-0.2, -0.15) is 4.99 Å². The normalized spacial score (nSPS) is 14.8. The average molecular weight is 477 g/mol. The van der Waals surface area contributed by atoms with Crippen LogP contribution in [0, 0.1) is 0 Å². The number of morpholine rings is 1. The van der Waals surface area contributed by atoms with Gasteiger partial charge in [0.05, 0.1) is 23.9 Å². The van der Waals surface area contributed by atoms with E-state index >= 15 is 0 Å². The third kappa shape index (κ3) is 6.14. The second-order valence-electron chi connectivity index (χ2n) is 5.97. The molecule has 154 valence electrons. The number of carbonyl (C=O) groups excluding carboxylic acids is 1. The van der Waals surface area contributed by atoms with Crippen molar-refractivity contribution in [3.05, 3.63) is 52.5 Å². The Bertz CT molecular complexity index is 902. The molecule has 6 nitrogen and oxygen atoms in total. The highest BCUT2D eigenvalue weighted by Gasteiger charge is 2.22. The van der Waals surface area contributed by atoms with Gasteiger partial charge in [0.2, 0.25) is 0 Å². The lowest BCUT2D eigenvalue weighted by Gasteiger charge is -2.30. The van der Waals surface area contributed by atoms with Crippen LogP contribution in [0.25, 0.3) is 0 Å². The number of nitrogens with one attached hydrogen (secondary N) is 1. The van der Waals surface area contributed by atoms with Gasteiger partial charge in [0.15, 0.2) is 10.6 Å². The van der Waals surface area contributed by atoms with Gasteiger partial charge in [-0.25, -0.2) is 4.79 Å². The zero-order valence-corrected chi connectivity index (χ0v) is 18.1. The van der Waals surface area contributed by atoms with Crippen molar-refractivity contribution in [3.8, 4) is 11.5 Å². The van der Waals surface area contributed by atoms with Gasteiger partial charge in [0, 0.05) is 18.1 Å². The van der Waals surface area contributed by atoms with Crippen LogP contribution in [-0.4, -0.2) is 47.9 Å². The molecule has 0 unspecified atom stereocenters. The van der Waals surface area contributed by atoms with E-state index < -0.39 is 10.9 Å². The third-order valence-corrected chi connectivity index (χ3v) is 4.91. The molecule has 1 saturated heterocycles. The minimum absolute atomic E-state index is 0.272. The Balaban J connectivity index is 1.78. The summed E-state index contributed by atoms with van der Waals surface area (Å²) in [5.74, 6) is 1.06. The maximum absolute atomic E-state index is 12.5. The minimum Gasteiger partial charge on any atom is -0.454 e. The van der Waals surface area contributed by atoms with Crippen molar-refractivity contribution >= 4 is 64.0 Å². The van der Waals surface area contributed by atoms with E-state index in [0.29, 0.717) is 53.5 Å². The molecule has 1 heterocycles. The Morgan fingerprint density at radius 3 is 2.52 bits per heavy atom. The summed E-state index contributed by atoms with van der Waals surface area (Å²) in [6, 6.07) is 11.1. The van der Waals surface area contributed by atoms with Gasteiger partial charge in [-0.3, -0.25) is 0 Å². The van der Waals surface area contributed by atoms with E-state index in [-0.39, 0.29) is 5.84 Å². The number of carbonyl (C=O) groups is 1. The number of nitrogens with zero attached hydrogens (tertiary/aromatic N) is 2. The molecule has 0 atom stereocenters. The van der Waals surface area contributed by atoms with Crippen LogP contribution in [0.1, 0.15) is 0 Å². The smallest absolute Gasteiger partial charge is 0.347 e. The summed E-state index contributed by atoms with van der Waals surface area (Å²) in [6.45, 7) is 2.13. The number of halogens is 4. The molecule has 1 fully saturated rings. The number of rotatable bonds is 4. The van der Waals surface area contributed by atoms with Gasteiger partial charge < -0.3 is 19.7 Å². The molecule has 1 aliphatic heterocycles. The van der Waals surface area contributed by atoms with E-state index in [1.54, 1.807) is 42.5 Å². The highest BCUT2D eigenvalue weighted by Crippen LogP contribution is 2.35. The zero-order chi connectivity index (χ0) is 20.8. The molecule has 0 aliphatic carbocycles. The fourth-order valence-corrected chi connectivity index (χ4v) is 3.45. The van der Waals surface area contributed by atoms with Crippen LogP contribution < -0.4 is 10.1 Å². The first-order valence-corrected chi connectivity index (χ1v) is 10.3. The van der Waals surface area contributed by atoms with Crippen molar-refractivity contribution in [1.29, 1.82) is 0 Å². The second kappa shape index (κ2) is 10.4. The maximum atomic E-state index is 12.5. The van der Waals surface area contributed by atoms with E-state index in [1.165, 1.54) is 0 Å². The maximum Gasteiger partial charge on any atom is 0.347 e. The van der Waals surface area contributed by atoms with Crippen molar-refractivity contribution < 1.29 is 14.3 Å². The van der Waals surface area contributed by atoms with Crippen LogP contribution in [-0.2, 0) is 4.74 Å². The number of aliphatic imine (C=N–C) groups is 1. The predicted molar refractivity (Wildman–Crippen MR) is 117 cm³/mol. The van der Waals surface area contributed by atoms with Gasteiger partial charge in [-0.1, -0.05) is 58.5 Å². The topological polar surface area (TPSA) is 63.2 Å². The molecule has 2 aromatic carbocycles. The lowest BCUT2D eigenvalue weighted by molar-refractivity contribution is 0.0677. The molecule has 10 heteroatoms. The highest BCUT2D eigenvalue weighted by molar-refractivity contribution is 6.54. The van der Waals surface area contributed by atoms with Crippen molar-refractivity contribution in [3.63, 3.8) is 0 Å². The van der Waals surface area contributed by atoms with E-state index in [2.05, 4.69) is 10.3 Å². The fraction of sp³-hybridized carbons (Fsp3) is 0.263. The average Bonchev–Trinajstić information content (AvgIpc) is 2.70. The lowest BCUT2D eigenvalue weighted by Crippen LogP contribution is -2.43. The summed E-state index contributed by atoms with van der Waals surface area (Å²) in [7, 11) is 0. The Labute approximate surface area is 188 Å². The molecule has 2 amide bonds. The number of hydrogen-bond acceptors (Lipinski definition) is 3. The number of hydrogen-bond donors (Lipinski definition) is 1. The summed E-state index contributed by atoms with van der Waals surface area (Å²) in [6.07, 6.45) is 0. The van der Waals surface area contributed by atoms with Gasteiger partial charge in [0.1, 0.15) is 11.6 Å². The molecule has 2 aromatic rings. The van der Waals surface area contributed by atoms with Crippen molar-refractivity contribution in [2.24, 2.45) is 4.99 Å². The van der Waals surface area contributed by atoms with Crippen LogP contribution in [0.4, 0.5) is 10.5 Å². The molecular weight excluding hydrogens is 460 g/mol. The molecule has 0 spiro atoms. The van der Waals surface area contributed by atoms with Crippen LogP contribution >= 0.6 is 46.4 Å². The number of amides is 2. The van der Waals surface area contributed by atoms with E-state index in [9.17, 15) is 4.79 Å². The molecular formula is C19H17Cl4N3O3. The molecule has 0 bridgehead atoms. The van der Waals surface area contributed by atoms with Crippen molar-refractivity contribution in [2.75, 3.05) is 31.6 Å². The minimum atomic E-state index is -0.946. The molecule has 0 aromatic heterocycles. The standard InChI is InChI=1S/C19H17Cl4N3O3/c20-12-5-6-15(13(21)11-12)29-16-4-2-1-3-14(16)24-19(27)25-18(17(22)23)26-7-9-28-10-8-26/h1-6,11,17H,7-10H2,(H,24,27)/b25-18-. The number of anilines is 1. The number of amidine groups is 1. The first-order valence-electron chi connectivity index (χ1n) is 8.66. The Hall–Kier alpha value is -1.70. The molecule has 0 saturated carbocycles. The third-order valence-electron chi connectivity index (χ3n) is 3.99. The molecule has 1 N–H and O–H groups in total. The highest BCUT2D eigenvalue weighted by atomic mass is 35.5. The van der Waals surface area contributed by atoms with E-state index in [0.717, 1.165) is 0 Å². The predicted octanol–water partition coefficient (Wildman–Crippen LogP) is 5.85. The molecule has 29 heavy (non-hydrogen) atoms. The Kier molecular flexibility index (Phi) is 7.86. The SMILES string of the molecule is O=C(/N=C(/C(Cl)Cl)N1CCOCC1)Nc1ccccc1Oc1ccc(Cl)cc1Cl. The summed E-state index contributed by atoms with van der Waals surface area (Å²) in [5.41, 5.74) is 0.411. The quantitative estimate of drug-likeness (QED) is 0.341. The Morgan fingerprint density at radius 2 is 1.83 bits per heavy atom. The lowest BCUT2D eigenvalue weighted by atomic mass is 10.3. The van der Waals surface area contributed by atoms with Crippen LogP contribution in [0.3, 0.4) is 0 Å². The molecule has 3 rings (SSSR count). The van der Waals surface area contributed by atoms with E-state index in [4.69, 9.17) is 55.9 Å². The van der Waals surface area contributed by atoms with Crippen molar-refractivity contribution in [1.82, 2.24) is 4.90 Å². The van der Waals surface area contributed by atoms with Gasteiger partial charge in [0.25, 0.3) is 0 Å². The fourth-order valence-electron chi connectivity index (χ4n) is 2.63. The van der Waals surface area contributed by atoms with Crippen LogP contribution in [0.2, 0.25) is 10.0 Å². The van der Waals surface area contributed by atoms with E-state index in [1.807, 2.05) is 4.90 Å². The number of para-hydroxylation sites is 2. The Morgan fingerprint density at radius 1 is 1.10 bits per heavy atom. The summed E-state index contributed by atoms with van der Waals surface area (Å²) in [5, 5.41) is 3.53. The molecule has 1 aliphatic rings. The van der Waals surface area contributed by atoms with Crippen LogP contribution in [0.15, 0.2) is 47.5 Å². The summed E-state index contributed by atoms with van der Waals surface area (Å²) >= 11 is 24.1. The van der Waals surface area contributed by atoms with Crippen molar-refractivity contribution in [2.45, 2.75) is 4.84 Å². The number of urea groups is 1. The zero-order valence-electron chi connectivity index (χ0n) is 15.1. The second-order valence-corrected chi connectivity index (χ2v) is 7.91. The monoisotopic (exact) mass is 475 g/mol. The number of benzene rings is 2. The molecule has 0 radical (unpaired) electrons. The van der Waals surface area contributed by atoms with Gasteiger partial charge in [-0.05, 0) is 30.3 Å². The number of ether oxygens (including phenoxy) is 2. The largest absolute Gasteiger partial charge is 0.454 e. The van der Waals surface area contributed by atoms with Gasteiger partial charge in [-0.15, -0.1) is 0 Å². The first kappa shape index (κ1) is 22.0. The number of alkyl halides is 2. The first-order chi connectivity index (χ1) is 13.9. The van der Waals surface area contributed by atoms with Crippen LogP contribution in [0.5, 0.6) is 11.5 Å². The summed E-state index contributed by atoms with van der Waals surface area (Å²) in [4.78, 5) is 17.4. The summed E-state index contributed by atoms with van der Waals surface area (Å²) < 4.78 is 11.1.